The summed E-state index contributed by atoms with van der Waals surface area (Å²) < 4.78 is 20.7. The molecule has 2 aliphatic heterocycles. The first kappa shape index (κ1) is 25.1. The van der Waals surface area contributed by atoms with E-state index in [4.69, 9.17) is 4.74 Å². The van der Waals surface area contributed by atoms with Crippen LogP contribution in [0.3, 0.4) is 0 Å². The Morgan fingerprint density at radius 1 is 1.25 bits per heavy atom. The first-order valence-corrected chi connectivity index (χ1v) is 9.58. The van der Waals surface area contributed by atoms with Gasteiger partial charge in [0.25, 0.3) is 0 Å². The van der Waals surface area contributed by atoms with Gasteiger partial charge in [0.15, 0.2) is 0 Å². The highest BCUT2D eigenvalue weighted by atomic mass is 35.5. The van der Waals surface area contributed by atoms with Gasteiger partial charge in [0.1, 0.15) is 5.82 Å². The number of nitrogens with one attached hydrogen (secondary N) is 2. The molecule has 2 heterocycles. The molecule has 0 bridgehead atoms. The molecule has 160 valence electrons. The third-order valence-electron chi connectivity index (χ3n) is 5.21. The van der Waals surface area contributed by atoms with Gasteiger partial charge in [-0.15, -0.1) is 24.8 Å². The molecule has 1 amide bonds. The Kier molecular flexibility index (Phi) is 9.64. The lowest BCUT2D eigenvalue weighted by molar-refractivity contribution is -0.130. The fraction of sp³-hybridized carbons (Fsp3) is 0.650. The van der Waals surface area contributed by atoms with Crippen LogP contribution in [0.5, 0.6) is 0 Å². The zero-order valence-corrected chi connectivity index (χ0v) is 18.6. The van der Waals surface area contributed by atoms with Gasteiger partial charge < -0.3 is 15.4 Å². The molecule has 0 saturated carbocycles. The molecule has 0 aliphatic carbocycles. The van der Waals surface area contributed by atoms with E-state index in [9.17, 15) is 9.18 Å². The van der Waals surface area contributed by atoms with Crippen LogP contribution in [0, 0.1) is 11.7 Å². The lowest BCUT2D eigenvalue weighted by Gasteiger charge is -2.41. The van der Waals surface area contributed by atoms with E-state index in [2.05, 4.69) is 15.5 Å². The van der Waals surface area contributed by atoms with Crippen LogP contribution in [0.1, 0.15) is 38.8 Å². The van der Waals surface area contributed by atoms with Gasteiger partial charge >= 0.3 is 0 Å². The van der Waals surface area contributed by atoms with E-state index in [0.29, 0.717) is 26.1 Å². The average molecular weight is 436 g/mol. The summed E-state index contributed by atoms with van der Waals surface area (Å²) in [5.74, 6) is -0.310. The normalized spacial score (nSPS) is 23.2. The molecular weight excluding hydrogens is 404 g/mol. The molecule has 1 aromatic rings. The highest BCUT2D eigenvalue weighted by molar-refractivity contribution is 5.95. The van der Waals surface area contributed by atoms with Crippen molar-refractivity contribution in [3.63, 3.8) is 0 Å². The maximum atomic E-state index is 14.9. The number of morpholine rings is 1. The molecule has 0 spiro atoms. The quantitative estimate of drug-likeness (QED) is 0.760. The number of halogens is 3. The van der Waals surface area contributed by atoms with Gasteiger partial charge in [0.05, 0.1) is 23.9 Å². The van der Waals surface area contributed by atoms with Crippen LogP contribution in [0.4, 0.5) is 10.1 Å². The molecule has 5 nitrogen and oxygen atoms in total. The van der Waals surface area contributed by atoms with Crippen molar-refractivity contribution < 1.29 is 13.9 Å². The Labute approximate surface area is 179 Å². The summed E-state index contributed by atoms with van der Waals surface area (Å²) in [5, 5.41) is 6.09. The third-order valence-corrected chi connectivity index (χ3v) is 5.21. The van der Waals surface area contributed by atoms with Crippen LogP contribution < -0.4 is 10.6 Å². The molecule has 2 aliphatic rings. The van der Waals surface area contributed by atoms with Crippen molar-refractivity contribution in [2.24, 2.45) is 5.92 Å². The summed E-state index contributed by atoms with van der Waals surface area (Å²) in [5.41, 5.74) is 1.98. The SMILES string of the molecule is CC1CN(C(C(=O)Nc2ccc3c(c2F)CCNC3)C(C)C)CC(C)O1.Cl.Cl. The topological polar surface area (TPSA) is 53.6 Å². The number of ether oxygens (including phenoxy) is 1. The van der Waals surface area contributed by atoms with Crippen LogP contribution in [-0.2, 0) is 22.5 Å². The Morgan fingerprint density at radius 2 is 1.89 bits per heavy atom. The van der Waals surface area contributed by atoms with E-state index in [1.807, 2.05) is 33.8 Å². The van der Waals surface area contributed by atoms with Crippen molar-refractivity contribution in [1.29, 1.82) is 0 Å². The smallest absolute Gasteiger partial charge is 0.242 e. The number of carbonyl (C=O) groups is 1. The van der Waals surface area contributed by atoms with Gasteiger partial charge in [-0.3, -0.25) is 9.69 Å². The van der Waals surface area contributed by atoms with Crippen molar-refractivity contribution in [3.05, 3.63) is 29.1 Å². The second kappa shape index (κ2) is 10.7. The largest absolute Gasteiger partial charge is 0.373 e. The van der Waals surface area contributed by atoms with E-state index >= 15 is 0 Å². The van der Waals surface area contributed by atoms with Crippen LogP contribution in [0.2, 0.25) is 0 Å². The predicted molar refractivity (Wildman–Crippen MR) is 115 cm³/mol. The van der Waals surface area contributed by atoms with Crippen LogP contribution >= 0.6 is 24.8 Å². The van der Waals surface area contributed by atoms with Crippen LogP contribution in [0.15, 0.2) is 12.1 Å². The van der Waals surface area contributed by atoms with Crippen molar-refractivity contribution in [2.75, 3.05) is 25.0 Å². The molecule has 28 heavy (non-hydrogen) atoms. The van der Waals surface area contributed by atoms with Crippen molar-refractivity contribution in [3.8, 4) is 0 Å². The standard InChI is InChI=1S/C20H30FN3O2.2ClH/c1-12(2)19(24-10-13(3)26-14(4)11-24)20(25)23-17-6-5-15-9-22-8-7-16(15)18(17)21;;/h5-6,12-14,19,22H,7-11H2,1-4H3,(H,23,25);2*1H. The van der Waals surface area contributed by atoms with Gasteiger partial charge in [-0.1, -0.05) is 19.9 Å². The average Bonchev–Trinajstić information content (AvgIpc) is 2.56. The van der Waals surface area contributed by atoms with Crippen LogP contribution in [-0.4, -0.2) is 48.7 Å². The van der Waals surface area contributed by atoms with E-state index in [1.165, 1.54) is 0 Å². The minimum atomic E-state index is -0.305. The molecule has 1 aromatic carbocycles. The zero-order chi connectivity index (χ0) is 18.8. The first-order valence-electron chi connectivity index (χ1n) is 9.58. The Hall–Kier alpha value is -0.920. The van der Waals surface area contributed by atoms with E-state index in [-0.39, 0.29) is 66.4 Å². The van der Waals surface area contributed by atoms with Gasteiger partial charge in [0.2, 0.25) is 5.91 Å². The number of fused-ring (bicyclic) bond motifs is 1. The monoisotopic (exact) mass is 435 g/mol. The second-order valence-electron chi connectivity index (χ2n) is 7.88. The molecule has 1 saturated heterocycles. The number of hydrogen-bond acceptors (Lipinski definition) is 4. The molecule has 2 N–H and O–H groups in total. The first-order chi connectivity index (χ1) is 12.4. The number of nitrogens with zero attached hydrogens (tertiary/aromatic N) is 1. The Bertz CT molecular complexity index is 665. The third kappa shape index (κ3) is 5.57. The molecule has 3 unspecified atom stereocenters. The summed E-state index contributed by atoms with van der Waals surface area (Å²) in [6, 6.07) is 3.28. The highest BCUT2D eigenvalue weighted by Gasteiger charge is 2.34. The van der Waals surface area contributed by atoms with Gasteiger partial charge in [-0.2, -0.15) is 0 Å². The highest BCUT2D eigenvalue weighted by Crippen LogP contribution is 2.26. The molecule has 3 atom stereocenters. The zero-order valence-electron chi connectivity index (χ0n) is 17.0. The van der Waals surface area contributed by atoms with E-state index < -0.39 is 0 Å². The summed E-state index contributed by atoms with van der Waals surface area (Å²) in [7, 11) is 0. The Balaban J connectivity index is 0.00000196. The Morgan fingerprint density at radius 3 is 2.50 bits per heavy atom. The van der Waals surface area contributed by atoms with Crippen LogP contribution in [0.25, 0.3) is 0 Å². The molecular formula is C20H32Cl2FN3O2. The fourth-order valence-corrected chi connectivity index (χ4v) is 4.17. The maximum Gasteiger partial charge on any atom is 0.242 e. The maximum absolute atomic E-state index is 14.9. The summed E-state index contributed by atoms with van der Waals surface area (Å²) in [6.07, 6.45) is 0.818. The summed E-state index contributed by atoms with van der Waals surface area (Å²) in [6.45, 7) is 11.0. The minimum absolute atomic E-state index is 0. The minimum Gasteiger partial charge on any atom is -0.373 e. The van der Waals surface area contributed by atoms with Gasteiger partial charge in [0, 0.05) is 19.6 Å². The molecule has 1 fully saturated rings. The molecule has 3 rings (SSSR count). The van der Waals surface area contributed by atoms with Crippen molar-refractivity contribution in [1.82, 2.24) is 10.2 Å². The second-order valence-corrected chi connectivity index (χ2v) is 7.88. The van der Waals surface area contributed by atoms with E-state index in [1.54, 1.807) is 6.07 Å². The number of carbonyl (C=O) groups excluding carboxylic acids is 1. The van der Waals surface area contributed by atoms with Gasteiger partial charge in [-0.25, -0.2) is 4.39 Å². The molecule has 8 heteroatoms. The number of hydrogen-bond donors (Lipinski definition) is 2. The fourth-order valence-electron chi connectivity index (χ4n) is 4.17. The lowest BCUT2D eigenvalue weighted by Crippen LogP contribution is -2.55. The van der Waals surface area contributed by atoms with Crippen molar-refractivity contribution >= 4 is 36.4 Å². The predicted octanol–water partition coefficient (Wildman–Crippen LogP) is 3.39. The molecule has 0 radical (unpaired) electrons. The number of benzene rings is 1. The number of amides is 1. The van der Waals surface area contributed by atoms with E-state index in [0.717, 1.165) is 17.7 Å². The number of rotatable bonds is 4. The number of anilines is 1. The van der Waals surface area contributed by atoms with Crippen molar-refractivity contribution in [2.45, 2.75) is 58.9 Å². The summed E-state index contributed by atoms with van der Waals surface area (Å²) >= 11 is 0. The molecule has 0 aromatic heterocycles. The lowest BCUT2D eigenvalue weighted by atomic mass is 9.98. The summed E-state index contributed by atoms with van der Waals surface area (Å²) in [4.78, 5) is 15.2. The van der Waals surface area contributed by atoms with Gasteiger partial charge in [-0.05, 0) is 49.9 Å².